The summed E-state index contributed by atoms with van der Waals surface area (Å²) in [5.74, 6) is -0.318. The molecule has 0 aliphatic carbocycles. The zero-order valence-electron chi connectivity index (χ0n) is 6.56. The van der Waals surface area contributed by atoms with Gasteiger partial charge in [-0.1, -0.05) is 29.4 Å². The first-order valence-corrected chi connectivity index (χ1v) is 4.23. The maximum absolute atomic E-state index is 10.7. The van der Waals surface area contributed by atoms with Crippen LogP contribution in [0.2, 0.25) is 0 Å². The Hall–Kier alpha value is -0.350. The highest BCUT2D eigenvalue weighted by Gasteiger charge is 2.10. The summed E-state index contributed by atoms with van der Waals surface area (Å²) in [4.78, 5) is 10.7. The predicted octanol–water partition coefficient (Wildman–Crippen LogP) is 0.748. The molecular formula is C7H13BrN2O. The summed E-state index contributed by atoms with van der Waals surface area (Å²) in [6.07, 6.45) is 0.704. The van der Waals surface area contributed by atoms with Gasteiger partial charge in [0.05, 0.1) is 6.04 Å². The third-order valence-electron chi connectivity index (χ3n) is 1.29. The summed E-state index contributed by atoms with van der Waals surface area (Å²) in [6.45, 7) is 6.10. The quantitative estimate of drug-likeness (QED) is 0.719. The molecule has 3 N–H and O–H groups in total. The normalized spacial score (nSPS) is 12.5. The van der Waals surface area contributed by atoms with Gasteiger partial charge in [-0.15, -0.1) is 0 Å². The average Bonchev–Trinajstić information content (AvgIpc) is 1.87. The van der Waals surface area contributed by atoms with Crippen LogP contribution in [0.15, 0.2) is 11.1 Å². The molecule has 0 aliphatic rings. The number of carbonyl (C=O) groups excluding carboxylic acids is 1. The Labute approximate surface area is 75.2 Å². The first-order valence-electron chi connectivity index (χ1n) is 3.44. The Morgan fingerprint density at radius 2 is 2.36 bits per heavy atom. The number of nitrogens with two attached hydrogens (primary N) is 1. The summed E-state index contributed by atoms with van der Waals surface area (Å²) in [7, 11) is 0. The molecule has 0 fully saturated rings. The maximum atomic E-state index is 10.7. The van der Waals surface area contributed by atoms with Crippen molar-refractivity contribution in [3.63, 3.8) is 0 Å². The van der Waals surface area contributed by atoms with Crippen LogP contribution in [0.1, 0.15) is 13.3 Å². The van der Waals surface area contributed by atoms with Crippen molar-refractivity contribution >= 4 is 21.8 Å². The van der Waals surface area contributed by atoms with E-state index in [-0.39, 0.29) is 11.9 Å². The van der Waals surface area contributed by atoms with Gasteiger partial charge in [0.15, 0.2) is 0 Å². The van der Waals surface area contributed by atoms with Crippen molar-refractivity contribution in [2.45, 2.75) is 19.4 Å². The monoisotopic (exact) mass is 220 g/mol. The van der Waals surface area contributed by atoms with Crippen molar-refractivity contribution < 1.29 is 4.79 Å². The Morgan fingerprint density at radius 3 is 2.64 bits per heavy atom. The molecule has 1 atom stereocenters. The Morgan fingerprint density at radius 1 is 1.82 bits per heavy atom. The number of nitrogens with one attached hydrogen (secondary N) is 1. The largest absolute Gasteiger partial charge is 0.368 e. The summed E-state index contributed by atoms with van der Waals surface area (Å²) < 4.78 is 0.817. The van der Waals surface area contributed by atoms with E-state index in [0.717, 1.165) is 4.48 Å². The number of amides is 1. The van der Waals surface area contributed by atoms with Crippen molar-refractivity contribution in [3.8, 4) is 0 Å². The lowest BCUT2D eigenvalue weighted by molar-refractivity contribution is -0.120. The Bertz CT molecular complexity index is 159. The van der Waals surface area contributed by atoms with Crippen LogP contribution in [-0.2, 0) is 4.79 Å². The minimum absolute atomic E-state index is 0.246. The molecule has 64 valence electrons. The van der Waals surface area contributed by atoms with Crippen LogP contribution >= 0.6 is 15.9 Å². The molecule has 11 heavy (non-hydrogen) atoms. The predicted molar refractivity (Wildman–Crippen MR) is 49.3 cm³/mol. The second-order valence-corrected chi connectivity index (χ2v) is 3.38. The van der Waals surface area contributed by atoms with E-state index in [4.69, 9.17) is 5.73 Å². The van der Waals surface area contributed by atoms with E-state index in [1.165, 1.54) is 0 Å². The lowest BCUT2D eigenvalue weighted by Crippen LogP contribution is -2.41. The highest BCUT2D eigenvalue weighted by atomic mass is 79.9. The van der Waals surface area contributed by atoms with Gasteiger partial charge in [-0.05, 0) is 6.42 Å². The zero-order valence-corrected chi connectivity index (χ0v) is 8.15. The maximum Gasteiger partial charge on any atom is 0.234 e. The van der Waals surface area contributed by atoms with Crippen LogP contribution in [-0.4, -0.2) is 18.5 Å². The molecule has 0 saturated heterocycles. The first-order chi connectivity index (χ1) is 5.07. The van der Waals surface area contributed by atoms with Crippen LogP contribution in [0.5, 0.6) is 0 Å². The lowest BCUT2D eigenvalue weighted by Gasteiger charge is -2.11. The second-order valence-electron chi connectivity index (χ2n) is 2.26. The fourth-order valence-corrected chi connectivity index (χ4v) is 0.842. The molecule has 4 heteroatoms. The van der Waals surface area contributed by atoms with Crippen LogP contribution in [0.3, 0.4) is 0 Å². The van der Waals surface area contributed by atoms with Gasteiger partial charge >= 0.3 is 0 Å². The molecule has 0 aromatic carbocycles. The third-order valence-corrected chi connectivity index (χ3v) is 1.57. The van der Waals surface area contributed by atoms with Gasteiger partial charge < -0.3 is 11.1 Å². The molecular weight excluding hydrogens is 208 g/mol. The van der Waals surface area contributed by atoms with E-state index >= 15 is 0 Å². The van der Waals surface area contributed by atoms with Gasteiger partial charge in [-0.25, -0.2) is 0 Å². The zero-order chi connectivity index (χ0) is 8.85. The Balaban J connectivity index is 3.70. The highest BCUT2D eigenvalue weighted by molar-refractivity contribution is 9.11. The molecule has 0 rings (SSSR count). The van der Waals surface area contributed by atoms with Gasteiger partial charge in [0.25, 0.3) is 0 Å². The van der Waals surface area contributed by atoms with Crippen molar-refractivity contribution in [2.75, 3.05) is 6.54 Å². The van der Waals surface area contributed by atoms with Crippen LogP contribution in [0.4, 0.5) is 0 Å². The summed E-state index contributed by atoms with van der Waals surface area (Å²) in [5.41, 5.74) is 5.09. The minimum Gasteiger partial charge on any atom is -0.368 e. The van der Waals surface area contributed by atoms with Crippen LogP contribution < -0.4 is 11.1 Å². The second kappa shape index (κ2) is 5.32. The van der Waals surface area contributed by atoms with Gasteiger partial charge in [0.2, 0.25) is 5.91 Å². The molecule has 0 spiro atoms. The summed E-state index contributed by atoms with van der Waals surface area (Å²) in [6, 6.07) is -0.246. The number of rotatable bonds is 5. The number of primary amides is 1. The molecule has 0 bridgehead atoms. The highest BCUT2D eigenvalue weighted by Crippen LogP contribution is 1.98. The van der Waals surface area contributed by atoms with Gasteiger partial charge in [-0.2, -0.15) is 0 Å². The summed E-state index contributed by atoms with van der Waals surface area (Å²) >= 11 is 3.17. The van der Waals surface area contributed by atoms with Crippen LogP contribution in [0.25, 0.3) is 0 Å². The standard InChI is InChI=1S/C7H13BrN2O/c1-3-6(7(9)11)10-4-5(2)8/h6,10H,2-4H2,1H3,(H2,9,11). The number of hydrogen-bond donors (Lipinski definition) is 2. The van der Waals surface area contributed by atoms with Crippen molar-refractivity contribution in [1.82, 2.24) is 5.32 Å². The molecule has 0 aromatic heterocycles. The van der Waals surface area contributed by atoms with Gasteiger partial charge in [0.1, 0.15) is 0 Å². The Kier molecular flexibility index (Phi) is 5.15. The first kappa shape index (κ1) is 10.7. The molecule has 1 unspecified atom stereocenters. The molecule has 0 aliphatic heterocycles. The SMILES string of the molecule is C=C(Br)CNC(CC)C(N)=O. The van der Waals surface area contributed by atoms with E-state index in [1.54, 1.807) is 0 Å². The van der Waals surface area contributed by atoms with Gasteiger partial charge in [-0.3, -0.25) is 4.79 Å². The smallest absolute Gasteiger partial charge is 0.234 e. The average molecular weight is 221 g/mol. The van der Waals surface area contributed by atoms with Crippen LogP contribution in [0, 0.1) is 0 Å². The van der Waals surface area contributed by atoms with Gasteiger partial charge in [0, 0.05) is 11.0 Å². The topological polar surface area (TPSA) is 55.1 Å². The fourth-order valence-electron chi connectivity index (χ4n) is 0.680. The molecule has 0 saturated carbocycles. The summed E-state index contributed by atoms with van der Waals surface area (Å²) in [5, 5.41) is 2.95. The minimum atomic E-state index is -0.318. The van der Waals surface area contributed by atoms with Crippen molar-refractivity contribution in [1.29, 1.82) is 0 Å². The molecule has 0 radical (unpaired) electrons. The van der Waals surface area contributed by atoms with E-state index < -0.39 is 0 Å². The third kappa shape index (κ3) is 4.98. The van der Waals surface area contributed by atoms with E-state index in [2.05, 4.69) is 27.8 Å². The van der Waals surface area contributed by atoms with E-state index in [1.807, 2.05) is 6.92 Å². The van der Waals surface area contributed by atoms with Crippen molar-refractivity contribution in [3.05, 3.63) is 11.1 Å². The van der Waals surface area contributed by atoms with Crippen molar-refractivity contribution in [2.24, 2.45) is 5.73 Å². The van der Waals surface area contributed by atoms with E-state index in [0.29, 0.717) is 13.0 Å². The lowest BCUT2D eigenvalue weighted by atomic mass is 10.2. The number of hydrogen-bond acceptors (Lipinski definition) is 2. The number of halogens is 1. The molecule has 1 amide bonds. The van der Waals surface area contributed by atoms with E-state index in [9.17, 15) is 4.79 Å². The molecule has 0 aromatic rings. The fraction of sp³-hybridized carbons (Fsp3) is 0.571. The molecule has 0 heterocycles. The molecule has 3 nitrogen and oxygen atoms in total. The number of carbonyl (C=O) groups is 1.